The number of carbonyl (C=O) groups is 1. The predicted octanol–water partition coefficient (Wildman–Crippen LogP) is 1.66. The Hall–Kier alpha value is -0.940. The molecule has 0 aliphatic carbocycles. The smallest absolute Gasteiger partial charge is 0.308 e. The van der Waals surface area contributed by atoms with Crippen molar-refractivity contribution in [3.05, 3.63) is 16.6 Å². The van der Waals surface area contributed by atoms with Crippen LogP contribution in [-0.2, 0) is 4.79 Å². The van der Waals surface area contributed by atoms with Gasteiger partial charge in [0, 0.05) is 11.1 Å². The van der Waals surface area contributed by atoms with Gasteiger partial charge in [-0.3, -0.25) is 9.78 Å². The average molecular weight is 226 g/mol. The maximum atomic E-state index is 11.2. The molecule has 1 aliphatic rings. The van der Waals surface area contributed by atoms with E-state index < -0.39 is 5.97 Å². The van der Waals surface area contributed by atoms with Gasteiger partial charge in [-0.25, -0.2) is 0 Å². The van der Waals surface area contributed by atoms with Crippen molar-refractivity contribution in [3.63, 3.8) is 0 Å². The quantitative estimate of drug-likeness (QED) is 0.805. The van der Waals surface area contributed by atoms with Crippen molar-refractivity contribution in [2.75, 3.05) is 6.54 Å². The molecule has 0 bridgehead atoms. The zero-order valence-corrected chi connectivity index (χ0v) is 9.17. The minimum atomic E-state index is -0.706. The lowest BCUT2D eigenvalue weighted by molar-refractivity contribution is -0.143. The first-order chi connectivity index (χ1) is 7.29. The van der Waals surface area contributed by atoms with Crippen LogP contribution in [0.1, 0.15) is 30.2 Å². The largest absolute Gasteiger partial charge is 0.481 e. The van der Waals surface area contributed by atoms with Crippen LogP contribution < -0.4 is 5.32 Å². The summed E-state index contributed by atoms with van der Waals surface area (Å²) in [6.07, 6.45) is 4.56. The molecule has 0 saturated carbocycles. The van der Waals surface area contributed by atoms with Gasteiger partial charge in [-0.05, 0) is 19.4 Å². The molecule has 4 nitrogen and oxygen atoms in total. The van der Waals surface area contributed by atoms with E-state index in [1.165, 1.54) is 11.3 Å². The lowest BCUT2D eigenvalue weighted by Gasteiger charge is -2.20. The monoisotopic (exact) mass is 226 g/mol. The van der Waals surface area contributed by atoms with E-state index in [4.69, 9.17) is 0 Å². The van der Waals surface area contributed by atoms with Gasteiger partial charge in [-0.1, -0.05) is 6.42 Å². The molecular formula is C10H14N2O2S. The third-order valence-electron chi connectivity index (χ3n) is 2.78. The number of hydrogen-bond acceptors (Lipinski definition) is 4. The normalized spacial score (nSPS) is 27.2. The minimum Gasteiger partial charge on any atom is -0.481 e. The number of carboxylic acids is 1. The zero-order chi connectivity index (χ0) is 10.7. The van der Waals surface area contributed by atoms with Crippen LogP contribution in [0.3, 0.4) is 0 Å². The van der Waals surface area contributed by atoms with Crippen molar-refractivity contribution in [2.24, 2.45) is 5.92 Å². The second-order valence-corrected chi connectivity index (χ2v) is 4.69. The number of nitrogens with one attached hydrogen (secondary N) is 1. The molecule has 5 heteroatoms. The average Bonchev–Trinajstić information content (AvgIpc) is 2.61. The summed E-state index contributed by atoms with van der Waals surface area (Å²) in [5, 5.41) is 12.5. The molecule has 2 heterocycles. The highest BCUT2D eigenvalue weighted by Crippen LogP contribution is 2.30. The molecule has 2 N–H and O–H groups in total. The Labute approximate surface area is 92.3 Å². The van der Waals surface area contributed by atoms with E-state index in [9.17, 15) is 9.90 Å². The fraction of sp³-hybridized carbons (Fsp3) is 0.600. The number of aromatic nitrogens is 1. The molecule has 0 radical (unpaired) electrons. The Morgan fingerprint density at radius 2 is 2.47 bits per heavy atom. The van der Waals surface area contributed by atoms with E-state index in [0.29, 0.717) is 0 Å². The molecule has 82 valence electrons. The summed E-state index contributed by atoms with van der Waals surface area (Å²) in [5.74, 6) is -1.02. The summed E-state index contributed by atoms with van der Waals surface area (Å²) in [5.41, 5.74) is 1.75. The van der Waals surface area contributed by atoms with Gasteiger partial charge in [-0.2, -0.15) is 0 Å². The molecule has 0 aromatic carbocycles. The van der Waals surface area contributed by atoms with Crippen molar-refractivity contribution < 1.29 is 9.90 Å². The third kappa shape index (κ3) is 2.35. The van der Waals surface area contributed by atoms with Gasteiger partial charge in [0.15, 0.2) is 0 Å². The molecular weight excluding hydrogens is 212 g/mol. The molecule has 1 fully saturated rings. The molecule has 15 heavy (non-hydrogen) atoms. The van der Waals surface area contributed by atoms with Gasteiger partial charge in [0.25, 0.3) is 0 Å². The topological polar surface area (TPSA) is 62.2 Å². The first-order valence-corrected chi connectivity index (χ1v) is 6.01. The van der Waals surface area contributed by atoms with Crippen LogP contribution in [0.2, 0.25) is 0 Å². The van der Waals surface area contributed by atoms with Crippen molar-refractivity contribution in [3.8, 4) is 0 Å². The van der Waals surface area contributed by atoms with Gasteiger partial charge in [0.1, 0.15) is 0 Å². The zero-order valence-electron chi connectivity index (χ0n) is 8.35. The van der Waals surface area contributed by atoms with Gasteiger partial charge >= 0.3 is 5.97 Å². The first-order valence-electron chi connectivity index (χ1n) is 5.13. The predicted molar refractivity (Wildman–Crippen MR) is 57.8 cm³/mol. The highest BCUT2D eigenvalue weighted by molar-refractivity contribution is 7.09. The summed E-state index contributed by atoms with van der Waals surface area (Å²) in [6.45, 7) is 0.895. The van der Waals surface area contributed by atoms with Crippen LogP contribution in [0.25, 0.3) is 0 Å². The summed E-state index contributed by atoms with van der Waals surface area (Å²) >= 11 is 1.52. The summed E-state index contributed by atoms with van der Waals surface area (Å²) in [4.78, 5) is 16.2. The van der Waals surface area contributed by atoms with Crippen LogP contribution >= 0.6 is 11.3 Å². The maximum Gasteiger partial charge on any atom is 0.308 e. The molecule has 0 unspecified atom stereocenters. The Kier molecular flexibility index (Phi) is 3.33. The molecule has 1 aliphatic heterocycles. The van der Waals surface area contributed by atoms with Gasteiger partial charge in [-0.15, -0.1) is 11.3 Å². The number of nitrogens with zero attached hydrogens (tertiary/aromatic N) is 1. The number of aliphatic carboxylic acids is 1. The lowest BCUT2D eigenvalue weighted by Crippen LogP contribution is -2.30. The van der Waals surface area contributed by atoms with E-state index in [1.807, 2.05) is 0 Å². The van der Waals surface area contributed by atoms with Crippen LogP contribution in [0.4, 0.5) is 0 Å². The standard InChI is InChI=1S/C10H14N2O2S/c13-10(14)7-3-1-2-4-12-9(7)8-5-11-6-15-8/h5-7,9,12H,1-4H2,(H,13,14)/t7-,9-/m0/s1. The Morgan fingerprint density at radius 1 is 1.60 bits per heavy atom. The van der Waals surface area contributed by atoms with Crippen molar-refractivity contribution in [1.82, 2.24) is 10.3 Å². The van der Waals surface area contributed by atoms with Crippen LogP contribution in [0.5, 0.6) is 0 Å². The van der Waals surface area contributed by atoms with Crippen LogP contribution in [0.15, 0.2) is 11.7 Å². The number of hydrogen-bond donors (Lipinski definition) is 2. The second kappa shape index (κ2) is 4.72. The summed E-state index contributed by atoms with van der Waals surface area (Å²) in [6, 6.07) is -0.0579. The van der Waals surface area contributed by atoms with Crippen LogP contribution in [0, 0.1) is 5.92 Å². The first kappa shape index (κ1) is 10.6. The van der Waals surface area contributed by atoms with Gasteiger partial charge in [0.2, 0.25) is 0 Å². The Morgan fingerprint density at radius 3 is 3.13 bits per heavy atom. The Bertz CT molecular complexity index is 326. The van der Waals surface area contributed by atoms with Crippen LogP contribution in [-0.4, -0.2) is 22.6 Å². The van der Waals surface area contributed by atoms with E-state index in [-0.39, 0.29) is 12.0 Å². The lowest BCUT2D eigenvalue weighted by atomic mass is 9.95. The summed E-state index contributed by atoms with van der Waals surface area (Å²) < 4.78 is 0. The second-order valence-electron chi connectivity index (χ2n) is 3.78. The number of thiazole rings is 1. The molecule has 2 rings (SSSR count). The molecule has 1 aromatic rings. The van der Waals surface area contributed by atoms with E-state index in [1.54, 1.807) is 11.7 Å². The van der Waals surface area contributed by atoms with Crippen molar-refractivity contribution in [1.29, 1.82) is 0 Å². The minimum absolute atomic E-state index is 0.0579. The highest BCUT2D eigenvalue weighted by Gasteiger charge is 2.31. The van der Waals surface area contributed by atoms with Crippen molar-refractivity contribution in [2.45, 2.75) is 25.3 Å². The SMILES string of the molecule is O=C(O)[C@H]1CCCCN[C@@H]1c1cncs1. The molecule has 0 amide bonds. The fourth-order valence-corrected chi connectivity index (χ4v) is 2.76. The highest BCUT2D eigenvalue weighted by atomic mass is 32.1. The number of rotatable bonds is 2. The van der Waals surface area contributed by atoms with E-state index >= 15 is 0 Å². The fourth-order valence-electron chi connectivity index (χ4n) is 2.00. The maximum absolute atomic E-state index is 11.2. The van der Waals surface area contributed by atoms with E-state index in [2.05, 4.69) is 10.3 Å². The van der Waals surface area contributed by atoms with Gasteiger partial charge in [0.05, 0.1) is 17.5 Å². The molecule has 0 spiro atoms. The van der Waals surface area contributed by atoms with Crippen molar-refractivity contribution >= 4 is 17.3 Å². The molecule has 1 aromatic heterocycles. The Balaban J connectivity index is 2.20. The number of carboxylic acid groups (broad SMARTS) is 1. The van der Waals surface area contributed by atoms with Gasteiger partial charge < -0.3 is 10.4 Å². The molecule has 1 saturated heterocycles. The molecule has 2 atom stereocenters. The summed E-state index contributed by atoms with van der Waals surface area (Å²) in [7, 11) is 0. The third-order valence-corrected chi connectivity index (χ3v) is 3.64. The van der Waals surface area contributed by atoms with E-state index in [0.717, 1.165) is 30.7 Å².